The lowest BCUT2D eigenvalue weighted by atomic mass is 10.1. The normalized spacial score (nSPS) is 11.3. The van der Waals surface area contributed by atoms with E-state index in [1.54, 1.807) is 23.7 Å². The molecule has 0 unspecified atom stereocenters. The van der Waals surface area contributed by atoms with Gasteiger partial charge in [0.25, 0.3) is 5.56 Å². The maximum atomic E-state index is 13.8. The highest BCUT2D eigenvalue weighted by molar-refractivity contribution is 5.74. The van der Waals surface area contributed by atoms with Gasteiger partial charge in [-0.3, -0.25) is 9.36 Å². The monoisotopic (exact) mass is 402 g/mol. The molecule has 0 saturated carbocycles. The van der Waals surface area contributed by atoms with Crippen molar-refractivity contribution in [1.82, 2.24) is 29.5 Å². The summed E-state index contributed by atoms with van der Waals surface area (Å²) in [5.41, 5.74) is 2.03. The number of hydrogen-bond acceptors (Lipinski definition) is 6. The van der Waals surface area contributed by atoms with E-state index in [0.717, 1.165) is 5.69 Å². The first kappa shape index (κ1) is 17.9. The third-order valence-corrected chi connectivity index (χ3v) is 4.76. The van der Waals surface area contributed by atoms with Crippen LogP contribution in [0.25, 0.3) is 28.1 Å². The first-order valence-electron chi connectivity index (χ1n) is 9.18. The minimum Gasteiger partial charge on any atom is -0.337 e. The van der Waals surface area contributed by atoms with Gasteiger partial charge < -0.3 is 4.52 Å². The average molecular weight is 402 g/mol. The molecule has 0 saturated heterocycles. The van der Waals surface area contributed by atoms with Crippen LogP contribution in [0.4, 0.5) is 4.39 Å². The van der Waals surface area contributed by atoms with Gasteiger partial charge in [-0.15, -0.1) is 0 Å². The maximum Gasteiger partial charge on any atom is 0.264 e. The van der Waals surface area contributed by atoms with Crippen molar-refractivity contribution in [2.75, 3.05) is 0 Å². The predicted molar refractivity (Wildman–Crippen MR) is 107 cm³/mol. The molecule has 30 heavy (non-hydrogen) atoms. The molecule has 0 amide bonds. The van der Waals surface area contributed by atoms with Crippen LogP contribution >= 0.6 is 0 Å². The molecule has 0 bridgehead atoms. The molecule has 0 atom stereocenters. The Morgan fingerprint density at radius 3 is 2.77 bits per heavy atom. The van der Waals surface area contributed by atoms with Crippen molar-refractivity contribution in [2.24, 2.45) is 0 Å². The van der Waals surface area contributed by atoms with Crippen molar-refractivity contribution < 1.29 is 8.91 Å². The van der Waals surface area contributed by atoms with Crippen molar-refractivity contribution >= 4 is 11.0 Å². The molecule has 8 nitrogen and oxygen atoms in total. The van der Waals surface area contributed by atoms with Gasteiger partial charge in [0.15, 0.2) is 5.65 Å². The second-order valence-corrected chi connectivity index (χ2v) is 6.78. The minimum absolute atomic E-state index is 0.0413. The van der Waals surface area contributed by atoms with E-state index in [0.29, 0.717) is 22.2 Å². The van der Waals surface area contributed by atoms with E-state index in [1.807, 2.05) is 30.3 Å². The molecule has 0 aliphatic heterocycles. The molecular formula is C21H15FN6O2. The van der Waals surface area contributed by atoms with E-state index in [-0.39, 0.29) is 29.6 Å². The van der Waals surface area contributed by atoms with Crippen LogP contribution in [0.1, 0.15) is 11.5 Å². The van der Waals surface area contributed by atoms with Crippen LogP contribution in [0.3, 0.4) is 0 Å². The second kappa shape index (κ2) is 7.03. The van der Waals surface area contributed by atoms with Crippen LogP contribution in [0.15, 0.2) is 70.4 Å². The number of aryl methyl sites for hydroxylation is 1. The van der Waals surface area contributed by atoms with E-state index < -0.39 is 0 Å². The fraction of sp³-hybridized carbons (Fsp3) is 0.0952. The summed E-state index contributed by atoms with van der Waals surface area (Å²) < 4.78 is 22.0. The Kier molecular flexibility index (Phi) is 4.20. The third kappa shape index (κ3) is 3.06. The highest BCUT2D eigenvalue weighted by Gasteiger charge is 2.15. The fourth-order valence-electron chi connectivity index (χ4n) is 3.13. The summed E-state index contributed by atoms with van der Waals surface area (Å²) in [5.74, 6) is 0.118. The van der Waals surface area contributed by atoms with Crippen LogP contribution < -0.4 is 5.56 Å². The Morgan fingerprint density at radius 2 is 1.97 bits per heavy atom. The van der Waals surface area contributed by atoms with Gasteiger partial charge in [0.1, 0.15) is 24.1 Å². The van der Waals surface area contributed by atoms with Crippen molar-refractivity contribution in [3.05, 3.63) is 88.7 Å². The van der Waals surface area contributed by atoms with Crippen LogP contribution in [-0.2, 0) is 6.54 Å². The summed E-state index contributed by atoms with van der Waals surface area (Å²) in [6.45, 7) is 1.72. The molecule has 2 aromatic carbocycles. The van der Waals surface area contributed by atoms with Gasteiger partial charge >= 0.3 is 0 Å². The number of fused-ring (bicyclic) bond motifs is 1. The molecule has 9 heteroatoms. The summed E-state index contributed by atoms with van der Waals surface area (Å²) in [6, 6.07) is 14.1. The van der Waals surface area contributed by atoms with E-state index in [2.05, 4.69) is 20.2 Å². The zero-order valence-electron chi connectivity index (χ0n) is 15.9. The smallest absolute Gasteiger partial charge is 0.264 e. The molecular weight excluding hydrogens is 387 g/mol. The summed E-state index contributed by atoms with van der Waals surface area (Å²) in [5, 5.41) is 8.55. The highest BCUT2D eigenvalue weighted by atomic mass is 19.1. The number of halogens is 1. The average Bonchev–Trinajstić information content (AvgIpc) is 3.40. The molecule has 5 aromatic rings. The lowest BCUT2D eigenvalue weighted by Crippen LogP contribution is -2.21. The topological polar surface area (TPSA) is 91.6 Å². The number of benzene rings is 2. The number of hydrogen-bond donors (Lipinski definition) is 0. The highest BCUT2D eigenvalue weighted by Crippen LogP contribution is 2.19. The summed E-state index contributed by atoms with van der Waals surface area (Å²) in [4.78, 5) is 21.5. The quantitative estimate of drug-likeness (QED) is 0.459. The zero-order chi connectivity index (χ0) is 20.7. The Labute approximate surface area is 169 Å². The molecule has 0 N–H and O–H groups in total. The number of aromatic nitrogens is 6. The summed E-state index contributed by atoms with van der Waals surface area (Å²) in [7, 11) is 0. The Bertz CT molecular complexity index is 1420. The Hall–Kier alpha value is -4.14. The lowest BCUT2D eigenvalue weighted by Gasteiger charge is -2.04. The van der Waals surface area contributed by atoms with Crippen molar-refractivity contribution in [1.29, 1.82) is 0 Å². The van der Waals surface area contributed by atoms with Gasteiger partial charge in [0.2, 0.25) is 11.7 Å². The van der Waals surface area contributed by atoms with Crippen LogP contribution in [-0.4, -0.2) is 29.5 Å². The molecule has 0 spiro atoms. The number of nitrogens with zero attached hydrogens (tertiary/aromatic N) is 6. The van der Waals surface area contributed by atoms with Gasteiger partial charge in [-0.1, -0.05) is 35.5 Å². The maximum absolute atomic E-state index is 13.8. The zero-order valence-corrected chi connectivity index (χ0v) is 15.9. The Morgan fingerprint density at radius 1 is 1.13 bits per heavy atom. The van der Waals surface area contributed by atoms with Gasteiger partial charge in [-0.2, -0.15) is 10.1 Å². The fourth-order valence-corrected chi connectivity index (χ4v) is 3.13. The van der Waals surface area contributed by atoms with Gasteiger partial charge in [0, 0.05) is 5.56 Å². The largest absolute Gasteiger partial charge is 0.337 e. The van der Waals surface area contributed by atoms with Crippen molar-refractivity contribution in [3.63, 3.8) is 0 Å². The molecule has 0 aliphatic rings. The first-order chi connectivity index (χ1) is 14.6. The predicted octanol–water partition coefficient (Wildman–Crippen LogP) is 3.13. The summed E-state index contributed by atoms with van der Waals surface area (Å²) >= 11 is 0. The minimum atomic E-state index is -0.347. The van der Waals surface area contributed by atoms with Gasteiger partial charge in [-0.05, 0) is 30.7 Å². The molecule has 0 aliphatic carbocycles. The SMILES string of the molecule is Cc1ccc(-c2noc(Cn3cnc4c(cnn4-c4ccccc4)c3=O)n2)cc1F. The molecule has 148 valence electrons. The van der Waals surface area contributed by atoms with Crippen LogP contribution in [0, 0.1) is 12.7 Å². The third-order valence-electron chi connectivity index (χ3n) is 4.76. The standard InChI is InChI=1S/C21H15FN6O2/c1-13-7-8-14(9-17(13)22)19-25-18(30-26-19)11-27-12-23-20-16(21(27)29)10-24-28(20)15-5-3-2-4-6-15/h2-10,12H,11H2,1H3. The Balaban J connectivity index is 1.46. The van der Waals surface area contributed by atoms with Crippen LogP contribution in [0.5, 0.6) is 0 Å². The van der Waals surface area contributed by atoms with E-state index in [4.69, 9.17) is 4.52 Å². The van der Waals surface area contributed by atoms with Gasteiger partial charge in [0.05, 0.1) is 11.9 Å². The molecule has 3 heterocycles. The van der Waals surface area contributed by atoms with E-state index in [9.17, 15) is 9.18 Å². The van der Waals surface area contributed by atoms with Crippen molar-refractivity contribution in [2.45, 2.75) is 13.5 Å². The molecule has 0 radical (unpaired) electrons. The van der Waals surface area contributed by atoms with E-state index >= 15 is 0 Å². The van der Waals surface area contributed by atoms with Gasteiger partial charge in [-0.25, -0.2) is 14.1 Å². The molecule has 0 fully saturated rings. The molecule has 3 aromatic heterocycles. The number of para-hydroxylation sites is 1. The second-order valence-electron chi connectivity index (χ2n) is 6.78. The first-order valence-corrected chi connectivity index (χ1v) is 9.18. The lowest BCUT2D eigenvalue weighted by molar-refractivity contribution is 0.369. The van der Waals surface area contributed by atoms with E-state index in [1.165, 1.54) is 23.2 Å². The van der Waals surface area contributed by atoms with Crippen molar-refractivity contribution in [3.8, 4) is 17.1 Å². The summed E-state index contributed by atoms with van der Waals surface area (Å²) in [6.07, 6.45) is 2.91. The van der Waals surface area contributed by atoms with Crippen LogP contribution in [0.2, 0.25) is 0 Å². The number of rotatable bonds is 4. The molecule has 5 rings (SSSR count).